The zero-order chi connectivity index (χ0) is 17.2. The summed E-state index contributed by atoms with van der Waals surface area (Å²) in [6, 6.07) is 0. The molecule has 2 heteroatoms. The number of unbranched alkanes of at least 4 members (excludes halogenated alkanes) is 10. The second-order valence-corrected chi connectivity index (χ2v) is 6.97. The van der Waals surface area contributed by atoms with E-state index in [1.807, 2.05) is 0 Å². The van der Waals surface area contributed by atoms with E-state index >= 15 is 0 Å². The van der Waals surface area contributed by atoms with E-state index < -0.39 is 0 Å². The molecule has 0 saturated carbocycles. The van der Waals surface area contributed by atoms with Crippen LogP contribution in [-0.2, 0) is 9.53 Å². The van der Waals surface area contributed by atoms with Crippen molar-refractivity contribution < 1.29 is 9.53 Å². The van der Waals surface area contributed by atoms with Gasteiger partial charge in [0.05, 0.1) is 0 Å². The molecule has 0 fully saturated rings. The van der Waals surface area contributed by atoms with Crippen LogP contribution < -0.4 is 0 Å². The van der Waals surface area contributed by atoms with Crippen molar-refractivity contribution in [2.75, 3.05) is 0 Å². The van der Waals surface area contributed by atoms with Crippen molar-refractivity contribution in [2.45, 2.75) is 130 Å². The summed E-state index contributed by atoms with van der Waals surface area (Å²) in [6.07, 6.45) is 19.2. The van der Waals surface area contributed by atoms with E-state index in [-0.39, 0.29) is 12.1 Å². The summed E-state index contributed by atoms with van der Waals surface area (Å²) >= 11 is 0. The maximum Gasteiger partial charge on any atom is 0.306 e. The standard InChI is InChI=1S/C21H42O2/c1-4-7-9-11-12-13-14-16-19-21(22)23-20(17-6-3)18-15-10-8-5-2/h20H,4-19H2,1-3H3. The first-order valence-corrected chi connectivity index (χ1v) is 10.4. The third-order valence-electron chi connectivity index (χ3n) is 4.52. The van der Waals surface area contributed by atoms with Gasteiger partial charge < -0.3 is 4.74 Å². The van der Waals surface area contributed by atoms with E-state index in [2.05, 4.69) is 20.8 Å². The minimum atomic E-state index is 0.0323. The lowest BCUT2D eigenvalue weighted by Crippen LogP contribution is -2.18. The first-order chi connectivity index (χ1) is 11.2. The van der Waals surface area contributed by atoms with Crippen LogP contribution >= 0.6 is 0 Å². The average molecular weight is 327 g/mol. The lowest BCUT2D eigenvalue weighted by molar-refractivity contribution is -0.150. The molecule has 0 aliphatic heterocycles. The number of rotatable bonds is 17. The molecule has 1 unspecified atom stereocenters. The Bertz CT molecular complexity index is 250. The van der Waals surface area contributed by atoms with Crippen LogP contribution in [0.3, 0.4) is 0 Å². The van der Waals surface area contributed by atoms with Gasteiger partial charge in [0.15, 0.2) is 0 Å². The molecule has 0 aromatic heterocycles. The van der Waals surface area contributed by atoms with Gasteiger partial charge in [0.2, 0.25) is 0 Å². The van der Waals surface area contributed by atoms with Crippen LogP contribution in [0.1, 0.15) is 124 Å². The van der Waals surface area contributed by atoms with Crippen LogP contribution in [0.5, 0.6) is 0 Å². The van der Waals surface area contributed by atoms with Crippen molar-refractivity contribution in [3.05, 3.63) is 0 Å². The Morgan fingerprint density at radius 1 is 0.652 bits per heavy atom. The maximum absolute atomic E-state index is 12.0. The lowest BCUT2D eigenvalue weighted by Gasteiger charge is -2.17. The second kappa shape index (κ2) is 17.8. The van der Waals surface area contributed by atoms with Gasteiger partial charge in [-0.25, -0.2) is 0 Å². The number of esters is 1. The summed E-state index contributed by atoms with van der Waals surface area (Å²) in [4.78, 5) is 12.0. The Labute approximate surface area is 145 Å². The summed E-state index contributed by atoms with van der Waals surface area (Å²) in [5, 5.41) is 0. The first-order valence-electron chi connectivity index (χ1n) is 10.4. The Balaban J connectivity index is 3.61. The molecular formula is C21H42O2. The Morgan fingerprint density at radius 3 is 1.74 bits per heavy atom. The third kappa shape index (κ3) is 16.1. The summed E-state index contributed by atoms with van der Waals surface area (Å²) in [5.74, 6) is 0.0323. The molecule has 0 N–H and O–H groups in total. The molecule has 0 aromatic rings. The highest BCUT2D eigenvalue weighted by Gasteiger charge is 2.13. The predicted molar refractivity (Wildman–Crippen MR) is 101 cm³/mol. The zero-order valence-electron chi connectivity index (χ0n) is 16.2. The molecule has 1 atom stereocenters. The SMILES string of the molecule is CCCCCCCCCCC(=O)OC(CCC)CCCCCC. The van der Waals surface area contributed by atoms with Crippen LogP contribution in [-0.4, -0.2) is 12.1 Å². The summed E-state index contributed by atoms with van der Waals surface area (Å²) in [5.41, 5.74) is 0. The second-order valence-electron chi connectivity index (χ2n) is 6.97. The van der Waals surface area contributed by atoms with Crippen molar-refractivity contribution in [1.29, 1.82) is 0 Å². The molecule has 0 aliphatic carbocycles. The van der Waals surface area contributed by atoms with E-state index in [0.29, 0.717) is 6.42 Å². The highest BCUT2D eigenvalue weighted by Crippen LogP contribution is 2.15. The van der Waals surface area contributed by atoms with E-state index in [9.17, 15) is 4.79 Å². The van der Waals surface area contributed by atoms with Gasteiger partial charge in [-0.3, -0.25) is 4.79 Å². The van der Waals surface area contributed by atoms with Crippen LogP contribution in [0.2, 0.25) is 0 Å². The van der Waals surface area contributed by atoms with Crippen molar-refractivity contribution in [1.82, 2.24) is 0 Å². The van der Waals surface area contributed by atoms with Crippen molar-refractivity contribution in [3.63, 3.8) is 0 Å². The molecule has 0 heterocycles. The van der Waals surface area contributed by atoms with E-state index in [0.717, 1.165) is 25.7 Å². The molecule has 2 nitrogen and oxygen atoms in total. The van der Waals surface area contributed by atoms with Crippen molar-refractivity contribution in [3.8, 4) is 0 Å². The Hall–Kier alpha value is -0.530. The van der Waals surface area contributed by atoms with Gasteiger partial charge in [-0.1, -0.05) is 91.4 Å². The van der Waals surface area contributed by atoms with Crippen LogP contribution in [0.4, 0.5) is 0 Å². The van der Waals surface area contributed by atoms with Gasteiger partial charge in [0, 0.05) is 6.42 Å². The molecule has 138 valence electrons. The quantitative estimate of drug-likeness (QED) is 0.209. The number of hydrogen-bond donors (Lipinski definition) is 0. The molecular weight excluding hydrogens is 284 g/mol. The molecule has 0 radical (unpaired) electrons. The smallest absolute Gasteiger partial charge is 0.306 e. The molecule has 0 spiro atoms. The van der Waals surface area contributed by atoms with Gasteiger partial charge in [0.25, 0.3) is 0 Å². The minimum absolute atomic E-state index is 0.0323. The fraction of sp³-hybridized carbons (Fsp3) is 0.952. The average Bonchev–Trinajstić information content (AvgIpc) is 2.54. The van der Waals surface area contributed by atoms with E-state index in [1.54, 1.807) is 0 Å². The largest absolute Gasteiger partial charge is 0.462 e. The lowest BCUT2D eigenvalue weighted by atomic mass is 10.1. The molecule has 23 heavy (non-hydrogen) atoms. The van der Waals surface area contributed by atoms with Crippen LogP contribution in [0, 0.1) is 0 Å². The number of carbonyl (C=O) groups excluding carboxylic acids is 1. The molecule has 0 bridgehead atoms. The maximum atomic E-state index is 12.0. The summed E-state index contributed by atoms with van der Waals surface area (Å²) < 4.78 is 5.69. The molecule has 0 rings (SSSR count). The molecule has 0 aromatic carbocycles. The molecule has 0 aliphatic rings. The Morgan fingerprint density at radius 2 is 1.17 bits per heavy atom. The fourth-order valence-corrected chi connectivity index (χ4v) is 3.03. The van der Waals surface area contributed by atoms with Gasteiger partial charge in [0.1, 0.15) is 6.10 Å². The topological polar surface area (TPSA) is 26.3 Å². The predicted octanol–water partition coefficient (Wildman–Crippen LogP) is 7.20. The molecule has 0 amide bonds. The monoisotopic (exact) mass is 326 g/mol. The van der Waals surface area contributed by atoms with E-state index in [1.165, 1.54) is 70.6 Å². The fourth-order valence-electron chi connectivity index (χ4n) is 3.03. The van der Waals surface area contributed by atoms with E-state index in [4.69, 9.17) is 4.74 Å². The number of hydrogen-bond acceptors (Lipinski definition) is 2. The highest BCUT2D eigenvalue weighted by molar-refractivity contribution is 5.69. The third-order valence-corrected chi connectivity index (χ3v) is 4.52. The summed E-state index contributed by atoms with van der Waals surface area (Å²) in [7, 11) is 0. The van der Waals surface area contributed by atoms with Crippen molar-refractivity contribution >= 4 is 5.97 Å². The Kier molecular flexibility index (Phi) is 17.4. The zero-order valence-corrected chi connectivity index (χ0v) is 16.2. The normalized spacial score (nSPS) is 12.3. The van der Waals surface area contributed by atoms with Gasteiger partial charge in [-0.15, -0.1) is 0 Å². The first kappa shape index (κ1) is 22.5. The molecule has 0 saturated heterocycles. The van der Waals surface area contributed by atoms with Gasteiger partial charge in [-0.2, -0.15) is 0 Å². The summed E-state index contributed by atoms with van der Waals surface area (Å²) in [6.45, 7) is 6.65. The van der Waals surface area contributed by atoms with Gasteiger partial charge in [-0.05, 0) is 25.7 Å². The number of ether oxygens (including phenoxy) is 1. The van der Waals surface area contributed by atoms with Gasteiger partial charge >= 0.3 is 5.97 Å². The van der Waals surface area contributed by atoms with Crippen LogP contribution in [0.15, 0.2) is 0 Å². The minimum Gasteiger partial charge on any atom is -0.462 e. The van der Waals surface area contributed by atoms with Crippen LogP contribution in [0.25, 0.3) is 0 Å². The highest BCUT2D eigenvalue weighted by atomic mass is 16.5. The number of carbonyl (C=O) groups is 1. The van der Waals surface area contributed by atoms with Crippen molar-refractivity contribution in [2.24, 2.45) is 0 Å².